The van der Waals surface area contributed by atoms with E-state index in [1.807, 2.05) is 11.3 Å². The van der Waals surface area contributed by atoms with Gasteiger partial charge in [0.15, 0.2) is 0 Å². The van der Waals surface area contributed by atoms with Gasteiger partial charge in [-0.3, -0.25) is 0 Å². The van der Waals surface area contributed by atoms with Crippen LogP contribution >= 0.6 is 11.3 Å². The quantitative estimate of drug-likeness (QED) is 0.761. The van der Waals surface area contributed by atoms with Gasteiger partial charge in [0.25, 0.3) is 0 Å². The van der Waals surface area contributed by atoms with E-state index in [-0.39, 0.29) is 0 Å². The summed E-state index contributed by atoms with van der Waals surface area (Å²) in [5.41, 5.74) is 0. The van der Waals surface area contributed by atoms with Crippen molar-refractivity contribution in [1.29, 1.82) is 0 Å². The Morgan fingerprint density at radius 2 is 1.92 bits per heavy atom. The fraction of sp³-hybridized carbons (Fsp3) is 0.556. The molecule has 0 aliphatic heterocycles. The van der Waals surface area contributed by atoms with E-state index in [0.29, 0.717) is 0 Å². The van der Waals surface area contributed by atoms with E-state index in [1.54, 1.807) is 10.0 Å². The first kappa shape index (κ1) is 10.4. The molecular weight excluding hydrogens is 275 g/mol. The summed E-state index contributed by atoms with van der Waals surface area (Å²) in [5.74, 6) is 1.13. The molecule has 1 aromatic rings. The molecule has 1 heterocycles. The number of methoxy groups -OCH3 is 1. The molecular formula is C9H16OSSn. The molecule has 0 aliphatic carbocycles. The van der Waals surface area contributed by atoms with Crippen LogP contribution in [-0.2, 0) is 0 Å². The summed E-state index contributed by atoms with van der Waals surface area (Å²) in [6, 6.07) is 2.15. The van der Waals surface area contributed by atoms with Crippen LogP contribution in [0.1, 0.15) is 4.88 Å². The molecule has 0 unspecified atom stereocenters. The summed E-state index contributed by atoms with van der Waals surface area (Å²) in [6.45, 7) is 2.15. The molecule has 3 heteroatoms. The number of ether oxygens (including phenoxy) is 1. The molecule has 0 amide bonds. The van der Waals surface area contributed by atoms with Gasteiger partial charge in [0.2, 0.25) is 0 Å². The fourth-order valence-corrected chi connectivity index (χ4v) is 8.81. The van der Waals surface area contributed by atoms with Crippen molar-refractivity contribution in [2.24, 2.45) is 0 Å². The average molecular weight is 291 g/mol. The van der Waals surface area contributed by atoms with Gasteiger partial charge in [-0.25, -0.2) is 0 Å². The Morgan fingerprint density at radius 1 is 1.33 bits per heavy atom. The van der Waals surface area contributed by atoms with Crippen molar-refractivity contribution < 1.29 is 4.74 Å². The van der Waals surface area contributed by atoms with Gasteiger partial charge >= 0.3 is 82.9 Å². The molecule has 0 bridgehead atoms. The minimum absolute atomic E-state index is 1.13. The molecule has 12 heavy (non-hydrogen) atoms. The molecule has 1 rings (SSSR count). The molecule has 1 nitrogen and oxygen atoms in total. The van der Waals surface area contributed by atoms with E-state index in [0.717, 1.165) is 5.75 Å². The summed E-state index contributed by atoms with van der Waals surface area (Å²) in [7, 11) is 1.77. The van der Waals surface area contributed by atoms with Crippen molar-refractivity contribution in [2.45, 2.75) is 21.7 Å². The van der Waals surface area contributed by atoms with E-state index in [4.69, 9.17) is 4.74 Å². The number of hydrogen-bond donors (Lipinski definition) is 0. The number of rotatable bonds is 2. The molecule has 0 N–H and O–H groups in total. The molecule has 0 fully saturated rings. The van der Waals surface area contributed by atoms with Gasteiger partial charge in [-0.1, -0.05) is 0 Å². The Labute approximate surface area is 82.6 Å². The SMILES string of the molecule is COc1cc(C)s[c]1[Sn]([CH3])([CH3])[CH3]. The zero-order valence-electron chi connectivity index (χ0n) is 8.39. The minimum atomic E-state index is -1.89. The molecule has 1 aromatic heterocycles. The second-order valence-corrected chi connectivity index (χ2v) is 20.6. The Balaban J connectivity index is 3.13. The molecule has 68 valence electrons. The third kappa shape index (κ3) is 2.16. The Kier molecular flexibility index (Phi) is 3.10. The summed E-state index contributed by atoms with van der Waals surface area (Å²) in [6.07, 6.45) is 0. The molecule has 0 atom stereocenters. The second kappa shape index (κ2) is 3.58. The standard InChI is InChI=1S/C6H7OS.3CH3.Sn/c1-5-3-6(7-2)4-8-5;;;;/h3H,1-2H3;3*1H3;. The fourth-order valence-electron chi connectivity index (χ4n) is 1.17. The van der Waals surface area contributed by atoms with Crippen molar-refractivity contribution in [3.05, 3.63) is 10.9 Å². The van der Waals surface area contributed by atoms with Crippen LogP contribution in [0.15, 0.2) is 6.07 Å². The molecule has 0 spiro atoms. The zero-order valence-corrected chi connectivity index (χ0v) is 12.1. The van der Waals surface area contributed by atoms with Crippen LogP contribution in [0.4, 0.5) is 0 Å². The van der Waals surface area contributed by atoms with Gasteiger partial charge in [0, 0.05) is 0 Å². The van der Waals surface area contributed by atoms with Crippen LogP contribution in [-0.4, -0.2) is 25.5 Å². The van der Waals surface area contributed by atoms with Crippen LogP contribution in [0.3, 0.4) is 0 Å². The summed E-state index contributed by atoms with van der Waals surface area (Å²) < 4.78 is 6.90. The van der Waals surface area contributed by atoms with Crippen molar-refractivity contribution in [2.75, 3.05) is 7.11 Å². The van der Waals surface area contributed by atoms with Gasteiger partial charge in [0.1, 0.15) is 0 Å². The van der Waals surface area contributed by atoms with E-state index in [2.05, 4.69) is 27.8 Å². The van der Waals surface area contributed by atoms with Crippen LogP contribution < -0.4 is 7.63 Å². The zero-order chi connectivity index (χ0) is 9.35. The third-order valence-corrected chi connectivity index (χ3v) is 12.1. The molecule has 0 aromatic carbocycles. The first-order valence-electron chi connectivity index (χ1n) is 4.10. The normalized spacial score (nSPS) is 11.8. The third-order valence-electron chi connectivity index (χ3n) is 1.72. The van der Waals surface area contributed by atoms with E-state index in [1.165, 1.54) is 4.88 Å². The molecule has 0 radical (unpaired) electrons. The van der Waals surface area contributed by atoms with Crippen molar-refractivity contribution in [3.63, 3.8) is 0 Å². The monoisotopic (exact) mass is 292 g/mol. The maximum atomic E-state index is 5.36. The Morgan fingerprint density at radius 3 is 2.25 bits per heavy atom. The molecule has 0 aliphatic rings. The predicted molar refractivity (Wildman–Crippen MR) is 58.6 cm³/mol. The Hall–Kier alpha value is 0.299. The van der Waals surface area contributed by atoms with Gasteiger partial charge < -0.3 is 0 Å². The molecule has 0 saturated carbocycles. The predicted octanol–water partition coefficient (Wildman–Crippen LogP) is 2.61. The topological polar surface area (TPSA) is 9.23 Å². The average Bonchev–Trinajstić information content (AvgIpc) is 2.29. The number of hydrogen-bond acceptors (Lipinski definition) is 2. The van der Waals surface area contributed by atoms with Crippen LogP contribution in [0.5, 0.6) is 5.75 Å². The van der Waals surface area contributed by atoms with Crippen LogP contribution in [0.2, 0.25) is 14.8 Å². The number of thiophene rings is 1. The second-order valence-electron chi connectivity index (χ2n) is 4.00. The molecule has 0 saturated heterocycles. The van der Waals surface area contributed by atoms with E-state index >= 15 is 0 Å². The summed E-state index contributed by atoms with van der Waals surface area (Å²) >= 11 is 0.0215. The van der Waals surface area contributed by atoms with E-state index in [9.17, 15) is 0 Å². The number of aryl methyl sites for hydroxylation is 1. The summed E-state index contributed by atoms with van der Waals surface area (Å²) in [4.78, 5) is 8.63. The summed E-state index contributed by atoms with van der Waals surface area (Å²) in [5, 5.41) is 0. The first-order chi connectivity index (χ1) is 5.45. The van der Waals surface area contributed by atoms with Crippen molar-refractivity contribution in [3.8, 4) is 5.75 Å². The van der Waals surface area contributed by atoms with Crippen molar-refractivity contribution in [1.82, 2.24) is 0 Å². The van der Waals surface area contributed by atoms with Crippen molar-refractivity contribution >= 4 is 32.6 Å². The van der Waals surface area contributed by atoms with Gasteiger partial charge in [-0.15, -0.1) is 0 Å². The van der Waals surface area contributed by atoms with E-state index < -0.39 is 18.4 Å². The first-order valence-corrected chi connectivity index (χ1v) is 14.9. The van der Waals surface area contributed by atoms with Gasteiger partial charge in [0.05, 0.1) is 0 Å². The Bertz CT molecular complexity index is 273. The van der Waals surface area contributed by atoms with Gasteiger partial charge in [-0.05, 0) is 0 Å². The van der Waals surface area contributed by atoms with Gasteiger partial charge in [-0.2, -0.15) is 0 Å². The van der Waals surface area contributed by atoms with Crippen LogP contribution in [0.25, 0.3) is 0 Å². The van der Waals surface area contributed by atoms with Crippen LogP contribution in [0, 0.1) is 6.92 Å². The maximum absolute atomic E-state index is 5.36.